The first-order valence-corrected chi connectivity index (χ1v) is 8.25. The zero-order valence-corrected chi connectivity index (χ0v) is 14.7. The van der Waals surface area contributed by atoms with Gasteiger partial charge in [0.25, 0.3) is 5.69 Å². The third kappa shape index (κ3) is 3.70. The second-order valence-electron chi connectivity index (χ2n) is 5.74. The molecule has 0 saturated heterocycles. The summed E-state index contributed by atoms with van der Waals surface area (Å²) in [5, 5.41) is 19.5. The molecule has 3 rings (SSSR count). The first-order chi connectivity index (χ1) is 12.5. The summed E-state index contributed by atoms with van der Waals surface area (Å²) in [7, 11) is 0. The lowest BCUT2D eigenvalue weighted by molar-refractivity contribution is -0.384. The van der Waals surface area contributed by atoms with Gasteiger partial charge < -0.3 is 16.0 Å². The van der Waals surface area contributed by atoms with Crippen molar-refractivity contribution in [3.63, 3.8) is 0 Å². The Morgan fingerprint density at radius 2 is 1.81 bits per heavy atom. The zero-order chi connectivity index (χ0) is 18.7. The highest BCUT2D eigenvalue weighted by atomic mass is 32.1. The first-order valence-electron chi connectivity index (χ1n) is 7.85. The molecule has 132 valence electrons. The molecule has 3 N–H and O–H groups in total. The van der Waals surface area contributed by atoms with Crippen LogP contribution >= 0.6 is 12.2 Å². The Kier molecular flexibility index (Phi) is 4.94. The third-order valence-electron chi connectivity index (χ3n) is 3.98. The summed E-state index contributed by atoms with van der Waals surface area (Å²) in [6, 6.07) is 14.8. The van der Waals surface area contributed by atoms with Crippen LogP contribution in [0.3, 0.4) is 0 Å². The number of urea groups is 1. The van der Waals surface area contributed by atoms with Gasteiger partial charge in [0.05, 0.1) is 11.0 Å². The highest BCUT2D eigenvalue weighted by Crippen LogP contribution is 2.28. The van der Waals surface area contributed by atoms with Crippen molar-refractivity contribution in [3.05, 3.63) is 81.5 Å². The van der Waals surface area contributed by atoms with Crippen LogP contribution in [0.1, 0.15) is 18.5 Å². The van der Waals surface area contributed by atoms with Crippen LogP contribution in [0, 0.1) is 10.1 Å². The fourth-order valence-electron chi connectivity index (χ4n) is 2.76. The Balaban J connectivity index is 1.88. The number of carbonyl (C=O) groups excluding carboxylic acids is 1. The molecule has 1 heterocycles. The van der Waals surface area contributed by atoms with Gasteiger partial charge in [0.2, 0.25) is 0 Å². The van der Waals surface area contributed by atoms with Crippen molar-refractivity contribution >= 4 is 34.6 Å². The SMILES string of the molecule is CC1=C(C(=S)Nc2ccc([N+](=O)[O-])cc2)C(c2ccccc2)NC(=O)N1. The molecule has 2 aromatic carbocycles. The van der Waals surface area contributed by atoms with Crippen molar-refractivity contribution in [1.82, 2.24) is 10.6 Å². The molecule has 1 aliphatic rings. The Labute approximate surface area is 155 Å². The number of hydrogen-bond donors (Lipinski definition) is 3. The summed E-state index contributed by atoms with van der Waals surface area (Å²) in [4.78, 5) is 22.6. The number of amides is 2. The van der Waals surface area contributed by atoms with Gasteiger partial charge in [-0.25, -0.2) is 4.79 Å². The fraction of sp³-hybridized carbons (Fsp3) is 0.111. The van der Waals surface area contributed by atoms with Gasteiger partial charge in [-0.15, -0.1) is 0 Å². The van der Waals surface area contributed by atoms with Crippen molar-refractivity contribution in [2.75, 3.05) is 5.32 Å². The van der Waals surface area contributed by atoms with E-state index in [4.69, 9.17) is 12.2 Å². The van der Waals surface area contributed by atoms with Crippen molar-refractivity contribution in [1.29, 1.82) is 0 Å². The molecule has 2 amide bonds. The molecule has 0 fully saturated rings. The number of carbonyl (C=O) groups is 1. The number of rotatable bonds is 4. The molecular weight excluding hydrogens is 352 g/mol. The summed E-state index contributed by atoms with van der Waals surface area (Å²) >= 11 is 5.54. The molecule has 8 heteroatoms. The second-order valence-corrected chi connectivity index (χ2v) is 6.15. The number of nitrogens with zero attached hydrogens (tertiary/aromatic N) is 1. The molecule has 0 aromatic heterocycles. The van der Waals surface area contributed by atoms with E-state index in [9.17, 15) is 14.9 Å². The maximum absolute atomic E-state index is 11.9. The van der Waals surface area contributed by atoms with Crippen LogP contribution in [0.25, 0.3) is 0 Å². The number of thiocarbonyl (C=S) groups is 1. The van der Waals surface area contributed by atoms with E-state index >= 15 is 0 Å². The molecule has 0 bridgehead atoms. The van der Waals surface area contributed by atoms with E-state index in [0.29, 0.717) is 16.4 Å². The largest absolute Gasteiger partial charge is 0.346 e. The number of allylic oxidation sites excluding steroid dienone is 1. The molecule has 0 radical (unpaired) electrons. The summed E-state index contributed by atoms with van der Waals surface area (Å²) in [5.41, 5.74) is 2.94. The van der Waals surface area contributed by atoms with Gasteiger partial charge >= 0.3 is 6.03 Å². The van der Waals surface area contributed by atoms with Crippen LogP contribution in [0.2, 0.25) is 0 Å². The lowest BCUT2D eigenvalue weighted by atomic mass is 9.95. The normalized spacial score (nSPS) is 16.5. The number of anilines is 1. The van der Waals surface area contributed by atoms with E-state index in [1.54, 1.807) is 19.1 Å². The Bertz CT molecular complexity index is 894. The molecule has 7 nitrogen and oxygen atoms in total. The highest BCUT2D eigenvalue weighted by molar-refractivity contribution is 7.81. The number of nitro benzene ring substituents is 1. The van der Waals surface area contributed by atoms with Gasteiger partial charge in [-0.05, 0) is 24.6 Å². The number of nitro groups is 1. The maximum Gasteiger partial charge on any atom is 0.319 e. The van der Waals surface area contributed by atoms with Crippen molar-refractivity contribution in [2.24, 2.45) is 0 Å². The molecule has 2 aromatic rings. The van der Waals surface area contributed by atoms with E-state index in [2.05, 4.69) is 16.0 Å². The van der Waals surface area contributed by atoms with Gasteiger partial charge in [-0.1, -0.05) is 42.5 Å². The van der Waals surface area contributed by atoms with Crippen LogP contribution in [0.5, 0.6) is 0 Å². The summed E-state index contributed by atoms with van der Waals surface area (Å²) in [6.07, 6.45) is 0. The van der Waals surface area contributed by atoms with Crippen LogP contribution < -0.4 is 16.0 Å². The molecule has 1 unspecified atom stereocenters. The van der Waals surface area contributed by atoms with Gasteiger partial charge in [-0.3, -0.25) is 10.1 Å². The number of nitrogens with one attached hydrogen (secondary N) is 3. The quantitative estimate of drug-likeness (QED) is 0.435. The minimum absolute atomic E-state index is 0.00521. The summed E-state index contributed by atoms with van der Waals surface area (Å²) in [6.45, 7) is 1.79. The number of benzene rings is 2. The van der Waals surface area contributed by atoms with E-state index < -0.39 is 4.92 Å². The molecule has 1 atom stereocenters. The fourth-order valence-corrected chi connectivity index (χ4v) is 3.14. The van der Waals surface area contributed by atoms with Crippen molar-refractivity contribution in [3.8, 4) is 0 Å². The monoisotopic (exact) mass is 368 g/mol. The predicted octanol–water partition coefficient (Wildman–Crippen LogP) is 3.66. The topological polar surface area (TPSA) is 96.3 Å². The number of hydrogen-bond acceptors (Lipinski definition) is 4. The predicted molar refractivity (Wildman–Crippen MR) is 103 cm³/mol. The highest BCUT2D eigenvalue weighted by Gasteiger charge is 2.29. The summed E-state index contributed by atoms with van der Waals surface area (Å²) in [5.74, 6) is 0. The average molecular weight is 368 g/mol. The Hall–Kier alpha value is -3.26. The van der Waals surface area contributed by atoms with Gasteiger partial charge in [0, 0.05) is 29.1 Å². The molecule has 1 aliphatic heterocycles. The van der Waals surface area contributed by atoms with Gasteiger partial charge in [0.1, 0.15) is 4.99 Å². The van der Waals surface area contributed by atoms with Gasteiger partial charge in [-0.2, -0.15) is 0 Å². The number of non-ortho nitro benzene ring substituents is 1. The lowest BCUT2D eigenvalue weighted by Crippen LogP contribution is -2.45. The lowest BCUT2D eigenvalue weighted by Gasteiger charge is -2.30. The molecule has 0 saturated carbocycles. The average Bonchev–Trinajstić information content (AvgIpc) is 2.62. The zero-order valence-electron chi connectivity index (χ0n) is 13.9. The third-order valence-corrected chi connectivity index (χ3v) is 4.30. The standard InChI is InChI=1S/C18H16N4O3S/c1-11-15(16(21-18(23)19-11)12-5-3-2-4-6-12)17(26)20-13-7-9-14(10-8-13)22(24)25/h2-10,16H,1H3,(H,20,26)(H2,19,21,23). The second kappa shape index (κ2) is 7.32. The Morgan fingerprint density at radius 1 is 1.15 bits per heavy atom. The molecule has 26 heavy (non-hydrogen) atoms. The van der Waals surface area contributed by atoms with Crippen LogP contribution in [0.4, 0.5) is 16.2 Å². The Morgan fingerprint density at radius 3 is 2.42 bits per heavy atom. The summed E-state index contributed by atoms with van der Waals surface area (Å²) < 4.78 is 0. The van der Waals surface area contributed by atoms with Gasteiger partial charge in [0.15, 0.2) is 0 Å². The van der Waals surface area contributed by atoms with E-state index in [1.165, 1.54) is 12.1 Å². The first kappa shape index (κ1) is 17.6. The minimum atomic E-state index is -0.458. The van der Waals surface area contributed by atoms with Crippen LogP contribution in [0.15, 0.2) is 65.9 Å². The molecule has 0 aliphatic carbocycles. The van der Waals surface area contributed by atoms with Crippen LogP contribution in [-0.2, 0) is 0 Å². The molecular formula is C18H16N4O3S. The molecule has 0 spiro atoms. The van der Waals surface area contributed by atoms with E-state index in [0.717, 1.165) is 11.1 Å². The smallest absolute Gasteiger partial charge is 0.319 e. The minimum Gasteiger partial charge on any atom is -0.346 e. The van der Waals surface area contributed by atoms with Crippen molar-refractivity contribution < 1.29 is 9.72 Å². The van der Waals surface area contributed by atoms with E-state index in [-0.39, 0.29) is 17.8 Å². The van der Waals surface area contributed by atoms with Crippen molar-refractivity contribution in [2.45, 2.75) is 13.0 Å². The van der Waals surface area contributed by atoms with E-state index in [1.807, 2.05) is 30.3 Å². The maximum atomic E-state index is 11.9. The van der Waals surface area contributed by atoms with Crippen LogP contribution in [-0.4, -0.2) is 15.9 Å².